The third-order valence-electron chi connectivity index (χ3n) is 5.84. The highest BCUT2D eigenvalue weighted by atomic mass is 35.5. The molecule has 4 rings (SSSR count). The second-order valence-corrected chi connectivity index (χ2v) is 8.84. The summed E-state index contributed by atoms with van der Waals surface area (Å²) in [5.41, 5.74) is 3.83. The summed E-state index contributed by atoms with van der Waals surface area (Å²) in [5.74, 6) is 0.431. The molecular weight excluding hydrogens is 472 g/mol. The van der Waals surface area contributed by atoms with Crippen molar-refractivity contribution in [1.82, 2.24) is 10.3 Å². The molecule has 0 fully saturated rings. The van der Waals surface area contributed by atoms with Crippen molar-refractivity contribution in [2.24, 2.45) is 0 Å². The minimum Gasteiger partial charge on any atom is -0.487 e. The molecule has 1 N–H and O–H groups in total. The fourth-order valence-corrected chi connectivity index (χ4v) is 3.92. The first-order chi connectivity index (χ1) is 17.6. The molecule has 1 amide bonds. The van der Waals surface area contributed by atoms with Gasteiger partial charge in [-0.25, -0.2) is 4.98 Å². The Labute approximate surface area is 215 Å². The van der Waals surface area contributed by atoms with Crippen LogP contribution >= 0.6 is 11.6 Å². The number of nitrogens with zero attached hydrogens (tertiary/aromatic N) is 1. The zero-order valence-corrected chi connectivity index (χ0v) is 20.7. The number of benzene rings is 3. The van der Waals surface area contributed by atoms with Crippen LogP contribution in [0.1, 0.15) is 36.6 Å². The maximum atomic E-state index is 13.2. The largest absolute Gasteiger partial charge is 0.487 e. The molecule has 1 atom stereocenters. The number of amides is 1. The number of para-hydroxylation sites is 1. The lowest BCUT2D eigenvalue weighted by Crippen LogP contribution is -2.35. The Morgan fingerprint density at radius 2 is 1.75 bits per heavy atom. The van der Waals surface area contributed by atoms with Crippen LogP contribution in [0.5, 0.6) is 5.75 Å². The van der Waals surface area contributed by atoms with E-state index in [2.05, 4.69) is 10.3 Å². The van der Waals surface area contributed by atoms with E-state index >= 15 is 0 Å². The summed E-state index contributed by atoms with van der Waals surface area (Å²) < 4.78 is 5.95. The lowest BCUT2D eigenvalue weighted by atomic mass is 10.0. The Balaban J connectivity index is 1.53. The van der Waals surface area contributed by atoms with Gasteiger partial charge in [-0.15, -0.1) is 0 Å². The number of aldehydes is 1. The SMILES string of the molecule is CCC(CC=O)NC(=O)C(=Cc1ccc(Cl)cc1)c1ccc(OCc2ccc3ccccc3n2)cc1. The van der Waals surface area contributed by atoms with Crippen molar-refractivity contribution < 1.29 is 14.3 Å². The molecule has 5 nitrogen and oxygen atoms in total. The summed E-state index contributed by atoms with van der Waals surface area (Å²) in [6.45, 7) is 2.27. The molecule has 0 bridgehead atoms. The van der Waals surface area contributed by atoms with Crippen LogP contribution in [0.15, 0.2) is 84.9 Å². The molecule has 1 heterocycles. The second-order valence-electron chi connectivity index (χ2n) is 8.40. The lowest BCUT2D eigenvalue weighted by molar-refractivity contribution is -0.116. The Hall–Kier alpha value is -3.96. The Bertz CT molecular complexity index is 1370. The van der Waals surface area contributed by atoms with Gasteiger partial charge in [-0.05, 0) is 60.0 Å². The maximum Gasteiger partial charge on any atom is 0.252 e. The molecule has 6 heteroatoms. The number of pyridine rings is 1. The van der Waals surface area contributed by atoms with Crippen LogP contribution in [0.25, 0.3) is 22.6 Å². The highest BCUT2D eigenvalue weighted by Crippen LogP contribution is 2.24. The van der Waals surface area contributed by atoms with Gasteiger partial charge in [0, 0.05) is 28.4 Å². The van der Waals surface area contributed by atoms with Gasteiger partial charge in [-0.2, -0.15) is 0 Å². The summed E-state index contributed by atoms with van der Waals surface area (Å²) in [6.07, 6.45) is 3.57. The number of hydrogen-bond acceptors (Lipinski definition) is 4. The molecule has 0 aliphatic carbocycles. The van der Waals surface area contributed by atoms with Crippen molar-refractivity contribution >= 4 is 46.3 Å². The molecule has 0 spiro atoms. The standard InChI is InChI=1S/C30H27ClN2O3/c1-2-25(17-18-34)33-30(35)28(19-21-7-12-24(31)13-8-21)22-10-15-27(16-11-22)36-20-26-14-9-23-5-3-4-6-29(23)32-26/h3-16,18-19,25H,2,17,20H2,1H3,(H,33,35). The second kappa shape index (κ2) is 12.1. The minimum absolute atomic E-state index is 0.222. The summed E-state index contributed by atoms with van der Waals surface area (Å²) >= 11 is 6.02. The van der Waals surface area contributed by atoms with Crippen LogP contribution in [0, 0.1) is 0 Å². The number of halogens is 1. The van der Waals surface area contributed by atoms with Crippen molar-refractivity contribution in [3.63, 3.8) is 0 Å². The van der Waals surface area contributed by atoms with E-state index in [1.165, 1.54) is 0 Å². The Morgan fingerprint density at radius 1 is 1.00 bits per heavy atom. The summed E-state index contributed by atoms with van der Waals surface area (Å²) in [4.78, 5) is 28.8. The molecule has 0 aliphatic rings. The predicted molar refractivity (Wildman–Crippen MR) is 145 cm³/mol. The van der Waals surface area contributed by atoms with Gasteiger partial charge < -0.3 is 14.8 Å². The van der Waals surface area contributed by atoms with E-state index in [1.54, 1.807) is 12.1 Å². The van der Waals surface area contributed by atoms with Crippen molar-refractivity contribution in [3.05, 3.63) is 107 Å². The molecular formula is C30H27ClN2O3. The molecule has 36 heavy (non-hydrogen) atoms. The van der Waals surface area contributed by atoms with E-state index in [0.29, 0.717) is 29.4 Å². The van der Waals surface area contributed by atoms with Gasteiger partial charge in [0.1, 0.15) is 18.6 Å². The van der Waals surface area contributed by atoms with Gasteiger partial charge in [0.15, 0.2) is 0 Å². The molecule has 0 aliphatic heterocycles. The third kappa shape index (κ3) is 6.58. The van der Waals surface area contributed by atoms with Crippen LogP contribution in [-0.2, 0) is 16.2 Å². The maximum absolute atomic E-state index is 13.2. The zero-order chi connectivity index (χ0) is 25.3. The number of hydrogen-bond donors (Lipinski definition) is 1. The topological polar surface area (TPSA) is 68.3 Å². The van der Waals surface area contributed by atoms with E-state index in [1.807, 2.05) is 85.8 Å². The molecule has 182 valence electrons. The molecule has 1 aromatic heterocycles. The minimum atomic E-state index is -0.243. The van der Waals surface area contributed by atoms with Gasteiger partial charge >= 0.3 is 0 Å². The highest BCUT2D eigenvalue weighted by molar-refractivity contribution is 6.30. The van der Waals surface area contributed by atoms with Crippen molar-refractivity contribution in [2.75, 3.05) is 0 Å². The first-order valence-corrected chi connectivity index (χ1v) is 12.2. The average Bonchev–Trinajstić information content (AvgIpc) is 2.91. The van der Waals surface area contributed by atoms with Crippen molar-refractivity contribution in [2.45, 2.75) is 32.4 Å². The normalized spacial score (nSPS) is 12.2. The average molecular weight is 499 g/mol. The number of nitrogens with one attached hydrogen (secondary N) is 1. The highest BCUT2D eigenvalue weighted by Gasteiger charge is 2.16. The number of carbonyl (C=O) groups excluding carboxylic acids is 2. The number of ether oxygens (including phenoxy) is 1. The van der Waals surface area contributed by atoms with Crippen molar-refractivity contribution in [1.29, 1.82) is 0 Å². The van der Waals surface area contributed by atoms with E-state index < -0.39 is 0 Å². The van der Waals surface area contributed by atoms with E-state index in [-0.39, 0.29) is 18.4 Å². The summed E-state index contributed by atoms with van der Waals surface area (Å²) in [7, 11) is 0. The van der Waals surface area contributed by atoms with Crippen LogP contribution < -0.4 is 10.1 Å². The third-order valence-corrected chi connectivity index (χ3v) is 6.09. The fraction of sp³-hybridized carbons (Fsp3) is 0.167. The van der Waals surface area contributed by atoms with Gasteiger partial charge in [0.2, 0.25) is 0 Å². The van der Waals surface area contributed by atoms with E-state index in [4.69, 9.17) is 16.3 Å². The molecule has 0 saturated carbocycles. The zero-order valence-electron chi connectivity index (χ0n) is 20.0. The molecule has 0 radical (unpaired) electrons. The summed E-state index contributed by atoms with van der Waals surface area (Å²) in [5, 5.41) is 4.68. The molecule has 0 saturated heterocycles. The summed E-state index contributed by atoms with van der Waals surface area (Å²) in [6, 6.07) is 26.4. The predicted octanol–water partition coefficient (Wildman–Crippen LogP) is 6.49. The van der Waals surface area contributed by atoms with Gasteiger partial charge in [0.25, 0.3) is 5.91 Å². The van der Waals surface area contributed by atoms with Gasteiger partial charge in [0.05, 0.1) is 11.2 Å². The lowest BCUT2D eigenvalue weighted by Gasteiger charge is -2.16. The van der Waals surface area contributed by atoms with Crippen LogP contribution in [-0.4, -0.2) is 23.2 Å². The van der Waals surface area contributed by atoms with Crippen LogP contribution in [0.3, 0.4) is 0 Å². The van der Waals surface area contributed by atoms with E-state index in [0.717, 1.165) is 34.0 Å². The van der Waals surface area contributed by atoms with Gasteiger partial charge in [-0.1, -0.05) is 67.1 Å². The quantitative estimate of drug-likeness (QED) is 0.154. The number of aromatic nitrogens is 1. The number of rotatable bonds is 10. The van der Waals surface area contributed by atoms with Gasteiger partial charge in [-0.3, -0.25) is 4.79 Å². The number of fused-ring (bicyclic) bond motifs is 1. The molecule has 4 aromatic rings. The fourth-order valence-electron chi connectivity index (χ4n) is 3.79. The first-order valence-electron chi connectivity index (χ1n) is 11.9. The van der Waals surface area contributed by atoms with Crippen molar-refractivity contribution in [3.8, 4) is 5.75 Å². The van der Waals surface area contributed by atoms with Crippen LogP contribution in [0.4, 0.5) is 0 Å². The van der Waals surface area contributed by atoms with E-state index in [9.17, 15) is 9.59 Å². The first kappa shape index (κ1) is 25.1. The van der Waals surface area contributed by atoms with Crippen LogP contribution in [0.2, 0.25) is 5.02 Å². The monoisotopic (exact) mass is 498 g/mol. The Kier molecular flexibility index (Phi) is 8.48. The smallest absolute Gasteiger partial charge is 0.252 e. The Morgan fingerprint density at radius 3 is 2.47 bits per heavy atom. The molecule has 3 aromatic carbocycles. The molecule has 1 unspecified atom stereocenters. The number of carbonyl (C=O) groups is 2.